The molecule has 156 valence electrons. The fraction of sp³-hybridized carbons (Fsp3) is 0.0417. The van der Waals surface area contributed by atoms with E-state index in [0.29, 0.717) is 11.5 Å². The van der Waals surface area contributed by atoms with Crippen molar-refractivity contribution in [3.8, 4) is 11.5 Å². The van der Waals surface area contributed by atoms with Crippen LogP contribution in [0.2, 0.25) is 0 Å². The molecule has 1 amide bonds. The summed E-state index contributed by atoms with van der Waals surface area (Å²) in [6, 6.07) is 23.5. The molecule has 0 spiro atoms. The number of hydrogen-bond acceptors (Lipinski definition) is 5. The van der Waals surface area contributed by atoms with E-state index in [-0.39, 0.29) is 12.5 Å². The van der Waals surface area contributed by atoms with Crippen LogP contribution < -0.4 is 14.9 Å². The van der Waals surface area contributed by atoms with Crippen LogP contribution in [-0.4, -0.2) is 24.7 Å². The second kappa shape index (κ2) is 11.5. The Kier molecular flexibility index (Phi) is 8.13. The highest BCUT2D eigenvalue weighted by Gasteiger charge is 2.04. The number of rotatable bonds is 8. The Labute approximate surface area is 188 Å². The number of para-hydroxylation sites is 1. The summed E-state index contributed by atoms with van der Waals surface area (Å²) in [5.41, 5.74) is 4.04. The Morgan fingerprint density at radius 1 is 0.903 bits per heavy atom. The molecule has 3 aromatic carbocycles. The van der Waals surface area contributed by atoms with Crippen LogP contribution >= 0.6 is 15.9 Å². The van der Waals surface area contributed by atoms with Crippen LogP contribution in [0.1, 0.15) is 11.1 Å². The summed E-state index contributed by atoms with van der Waals surface area (Å²) < 4.78 is 11.4. The van der Waals surface area contributed by atoms with Crippen molar-refractivity contribution in [1.29, 1.82) is 0 Å². The summed E-state index contributed by atoms with van der Waals surface area (Å²) in [5, 5.41) is 3.89. The minimum atomic E-state index is -0.470. The van der Waals surface area contributed by atoms with Crippen LogP contribution in [0, 0.1) is 0 Å². The molecule has 0 fully saturated rings. The van der Waals surface area contributed by atoms with Crippen molar-refractivity contribution < 1.29 is 19.1 Å². The fourth-order valence-corrected chi connectivity index (χ4v) is 2.82. The molecule has 6 nitrogen and oxygen atoms in total. The number of nitrogens with zero attached hydrogens (tertiary/aromatic N) is 1. The van der Waals surface area contributed by atoms with Crippen LogP contribution in [-0.2, 0) is 9.59 Å². The summed E-state index contributed by atoms with van der Waals surface area (Å²) >= 11 is 3.35. The van der Waals surface area contributed by atoms with Gasteiger partial charge < -0.3 is 9.47 Å². The zero-order chi connectivity index (χ0) is 21.9. The highest BCUT2D eigenvalue weighted by Crippen LogP contribution is 2.23. The molecular weight excluding hydrogens is 460 g/mol. The molecule has 3 rings (SSSR count). The van der Waals surface area contributed by atoms with Crippen LogP contribution in [0.3, 0.4) is 0 Å². The quantitative estimate of drug-likeness (QED) is 0.169. The van der Waals surface area contributed by atoms with Gasteiger partial charge in [-0.3, -0.25) is 4.79 Å². The van der Waals surface area contributed by atoms with Crippen molar-refractivity contribution in [2.45, 2.75) is 0 Å². The van der Waals surface area contributed by atoms with Gasteiger partial charge in [-0.2, -0.15) is 5.10 Å². The Bertz CT molecular complexity index is 1080. The lowest BCUT2D eigenvalue weighted by atomic mass is 10.2. The van der Waals surface area contributed by atoms with E-state index in [1.165, 1.54) is 12.3 Å². The molecule has 0 heterocycles. The predicted molar refractivity (Wildman–Crippen MR) is 123 cm³/mol. The number of hydrazone groups is 1. The summed E-state index contributed by atoms with van der Waals surface area (Å²) in [7, 11) is 0. The van der Waals surface area contributed by atoms with Gasteiger partial charge in [-0.1, -0.05) is 42.5 Å². The third-order valence-corrected chi connectivity index (χ3v) is 4.56. The number of esters is 1. The van der Waals surface area contributed by atoms with Gasteiger partial charge >= 0.3 is 5.97 Å². The van der Waals surface area contributed by atoms with Gasteiger partial charge in [0.1, 0.15) is 11.5 Å². The molecule has 7 heteroatoms. The van der Waals surface area contributed by atoms with Crippen molar-refractivity contribution in [2.24, 2.45) is 5.10 Å². The van der Waals surface area contributed by atoms with Crippen LogP contribution in [0.4, 0.5) is 0 Å². The molecule has 0 bridgehead atoms. The number of amides is 1. The summed E-state index contributed by atoms with van der Waals surface area (Å²) in [5.74, 6) is 0.126. The molecule has 0 atom stereocenters. The van der Waals surface area contributed by atoms with Crippen molar-refractivity contribution in [2.75, 3.05) is 6.61 Å². The van der Waals surface area contributed by atoms with Gasteiger partial charge in [0.05, 0.1) is 10.7 Å². The first-order chi connectivity index (χ1) is 15.1. The second-order valence-electron chi connectivity index (χ2n) is 6.25. The van der Waals surface area contributed by atoms with Gasteiger partial charge in [0.2, 0.25) is 0 Å². The fourth-order valence-electron chi connectivity index (χ4n) is 2.42. The van der Waals surface area contributed by atoms with E-state index in [1.807, 2.05) is 48.5 Å². The molecule has 0 aliphatic rings. The van der Waals surface area contributed by atoms with Crippen LogP contribution in [0.5, 0.6) is 11.5 Å². The lowest BCUT2D eigenvalue weighted by Crippen LogP contribution is -2.24. The molecule has 0 aromatic heterocycles. The minimum absolute atomic E-state index is 0.161. The maximum Gasteiger partial charge on any atom is 0.336 e. The monoisotopic (exact) mass is 478 g/mol. The molecule has 0 saturated carbocycles. The number of carbonyl (C=O) groups excluding carboxylic acids is 2. The van der Waals surface area contributed by atoms with Crippen LogP contribution in [0.25, 0.3) is 6.08 Å². The standard InChI is InChI=1S/C24H19BrN2O4/c25-21-8-4-5-9-22(21)30-17-23(28)27-26-16-19-10-13-20(14-11-19)31-24(29)15-12-18-6-2-1-3-7-18/h1-16H,17H2,(H,27,28). The highest BCUT2D eigenvalue weighted by atomic mass is 79.9. The maximum absolute atomic E-state index is 11.9. The van der Waals surface area contributed by atoms with E-state index >= 15 is 0 Å². The van der Waals surface area contributed by atoms with E-state index in [1.54, 1.807) is 36.4 Å². The maximum atomic E-state index is 11.9. The van der Waals surface area contributed by atoms with Gasteiger partial charge in [-0.05, 0) is 69.5 Å². The van der Waals surface area contributed by atoms with Gasteiger partial charge in [0.15, 0.2) is 6.61 Å². The smallest absolute Gasteiger partial charge is 0.336 e. The number of ether oxygens (including phenoxy) is 2. The first-order valence-corrected chi connectivity index (χ1v) is 10.1. The molecule has 31 heavy (non-hydrogen) atoms. The Morgan fingerprint density at radius 3 is 2.35 bits per heavy atom. The number of carbonyl (C=O) groups is 2. The Balaban J connectivity index is 1.43. The number of nitrogens with one attached hydrogen (secondary N) is 1. The molecule has 0 aliphatic carbocycles. The topological polar surface area (TPSA) is 77.0 Å². The zero-order valence-electron chi connectivity index (χ0n) is 16.4. The van der Waals surface area contributed by atoms with Crippen LogP contribution in [0.15, 0.2) is 94.5 Å². The van der Waals surface area contributed by atoms with E-state index in [9.17, 15) is 9.59 Å². The lowest BCUT2D eigenvalue weighted by molar-refractivity contribution is -0.129. The molecule has 1 N–H and O–H groups in total. The minimum Gasteiger partial charge on any atom is -0.483 e. The van der Waals surface area contributed by atoms with Crippen molar-refractivity contribution in [3.05, 3.63) is 101 Å². The second-order valence-corrected chi connectivity index (χ2v) is 7.10. The lowest BCUT2D eigenvalue weighted by Gasteiger charge is -2.06. The van der Waals surface area contributed by atoms with Crippen molar-refractivity contribution >= 4 is 40.1 Å². The zero-order valence-corrected chi connectivity index (χ0v) is 18.0. The summed E-state index contributed by atoms with van der Waals surface area (Å²) in [4.78, 5) is 23.7. The number of halogens is 1. The van der Waals surface area contributed by atoms with Gasteiger partial charge in [-0.15, -0.1) is 0 Å². The molecule has 0 radical (unpaired) electrons. The van der Waals surface area contributed by atoms with Gasteiger partial charge in [0.25, 0.3) is 5.91 Å². The molecule has 0 aliphatic heterocycles. The first-order valence-electron chi connectivity index (χ1n) is 9.34. The van der Waals surface area contributed by atoms with E-state index in [4.69, 9.17) is 9.47 Å². The van der Waals surface area contributed by atoms with Crippen molar-refractivity contribution in [3.63, 3.8) is 0 Å². The molecular formula is C24H19BrN2O4. The third-order valence-electron chi connectivity index (χ3n) is 3.91. The highest BCUT2D eigenvalue weighted by molar-refractivity contribution is 9.10. The normalized spacial score (nSPS) is 10.9. The Hall–Kier alpha value is -3.71. The molecule has 3 aromatic rings. The molecule has 0 saturated heterocycles. The summed E-state index contributed by atoms with van der Waals surface area (Å²) in [6.07, 6.45) is 4.54. The van der Waals surface area contributed by atoms with E-state index < -0.39 is 5.97 Å². The predicted octanol–water partition coefficient (Wildman–Crippen LogP) is 4.60. The average molecular weight is 479 g/mol. The Morgan fingerprint density at radius 2 is 1.61 bits per heavy atom. The first kappa shape index (κ1) is 22.0. The van der Waals surface area contributed by atoms with E-state index in [2.05, 4.69) is 26.5 Å². The van der Waals surface area contributed by atoms with Gasteiger partial charge in [-0.25, -0.2) is 10.2 Å². The SMILES string of the molecule is O=C(COc1ccccc1Br)NN=Cc1ccc(OC(=O)C=Cc2ccccc2)cc1. The number of hydrogen-bond donors (Lipinski definition) is 1. The summed E-state index contributed by atoms with van der Waals surface area (Å²) in [6.45, 7) is -0.161. The van der Waals surface area contributed by atoms with Gasteiger partial charge in [0, 0.05) is 6.08 Å². The third kappa shape index (κ3) is 7.56. The number of benzene rings is 3. The molecule has 0 unspecified atom stereocenters. The van der Waals surface area contributed by atoms with Crippen molar-refractivity contribution in [1.82, 2.24) is 5.43 Å². The average Bonchev–Trinajstić information content (AvgIpc) is 2.79. The van der Waals surface area contributed by atoms with E-state index in [0.717, 1.165) is 15.6 Å². The largest absolute Gasteiger partial charge is 0.483 e.